The number of anilines is 1. The van der Waals surface area contributed by atoms with Gasteiger partial charge in [0.05, 0.1) is 4.90 Å². The van der Waals surface area contributed by atoms with Crippen molar-refractivity contribution in [1.82, 2.24) is 4.31 Å². The average molecular weight is 389 g/mol. The van der Waals surface area contributed by atoms with Gasteiger partial charge >= 0.3 is 0 Å². The first-order valence-corrected chi connectivity index (χ1v) is 10.7. The van der Waals surface area contributed by atoms with Crippen molar-refractivity contribution in [2.45, 2.75) is 44.9 Å². The van der Waals surface area contributed by atoms with E-state index in [1.807, 2.05) is 51.1 Å². The predicted octanol–water partition coefficient (Wildman–Crippen LogP) is 4.16. The minimum absolute atomic E-state index is 0.0792. The zero-order valence-corrected chi connectivity index (χ0v) is 17.2. The molecule has 6 heteroatoms. The third-order valence-corrected chi connectivity index (χ3v) is 6.85. The molecule has 2 aromatic rings. The van der Waals surface area contributed by atoms with Crippen LogP contribution in [0.2, 0.25) is 0 Å². The van der Waals surface area contributed by atoms with Gasteiger partial charge in [-0.2, -0.15) is 4.31 Å². The van der Waals surface area contributed by atoms with Crippen LogP contribution >= 0.6 is 0 Å². The van der Waals surface area contributed by atoms with Crippen LogP contribution < -0.4 is 5.32 Å². The van der Waals surface area contributed by atoms with Gasteiger partial charge in [-0.15, -0.1) is 0 Å². The van der Waals surface area contributed by atoms with Gasteiger partial charge in [0.25, 0.3) is 0 Å². The Bertz CT molecular complexity index is 876. The number of sulfonamides is 1. The molecule has 2 rings (SSSR count). The van der Waals surface area contributed by atoms with Gasteiger partial charge in [0.15, 0.2) is 0 Å². The highest BCUT2D eigenvalue weighted by atomic mass is 32.2. The molecule has 0 aromatic heterocycles. The molecule has 0 aliphatic rings. The molecule has 1 atom stereocenters. The van der Waals surface area contributed by atoms with E-state index in [4.69, 9.17) is 0 Å². The zero-order chi connectivity index (χ0) is 20.0. The summed E-state index contributed by atoms with van der Waals surface area (Å²) in [6.45, 7) is 8.20. The molecule has 146 valence electrons. The highest BCUT2D eigenvalue weighted by molar-refractivity contribution is 7.89. The van der Waals surface area contributed by atoms with E-state index in [2.05, 4.69) is 5.32 Å². The number of rotatable bonds is 8. The summed E-state index contributed by atoms with van der Waals surface area (Å²) < 4.78 is 27.1. The van der Waals surface area contributed by atoms with Crippen LogP contribution in [0, 0.1) is 6.92 Å². The Morgan fingerprint density at radius 1 is 1.07 bits per heavy atom. The van der Waals surface area contributed by atoms with Crippen LogP contribution in [-0.2, 0) is 14.8 Å². The Morgan fingerprint density at radius 3 is 2.30 bits per heavy atom. The van der Waals surface area contributed by atoms with Crippen LogP contribution in [0.5, 0.6) is 0 Å². The Balaban J connectivity index is 2.17. The lowest BCUT2D eigenvalue weighted by Crippen LogP contribution is -2.31. The molecule has 0 saturated carbocycles. The second kappa shape index (κ2) is 9.15. The number of aryl methyl sites for hydroxylation is 1. The summed E-state index contributed by atoms with van der Waals surface area (Å²) >= 11 is 0. The van der Waals surface area contributed by atoms with E-state index >= 15 is 0 Å². The van der Waals surface area contributed by atoms with Gasteiger partial charge in [-0.1, -0.05) is 57.2 Å². The minimum atomic E-state index is -3.57. The smallest absolute Gasteiger partial charge is 0.243 e. The van der Waals surface area contributed by atoms with Gasteiger partial charge in [-0.25, -0.2) is 8.42 Å². The van der Waals surface area contributed by atoms with Crippen LogP contribution in [0.15, 0.2) is 53.4 Å². The fourth-order valence-electron chi connectivity index (χ4n) is 3.05. The third-order valence-electron chi connectivity index (χ3n) is 4.66. The number of carbonyl (C=O) groups is 1. The molecule has 27 heavy (non-hydrogen) atoms. The third kappa shape index (κ3) is 5.17. The molecule has 0 bridgehead atoms. The maximum atomic E-state index is 12.8. The molecule has 1 N–H and O–H groups in total. The SMILES string of the molecule is CCN(CC)S(=O)(=O)c1cc(NC(=O)CC(C)c2ccccc2)ccc1C. The molecular weight excluding hydrogens is 360 g/mol. The highest BCUT2D eigenvalue weighted by Gasteiger charge is 2.24. The van der Waals surface area contributed by atoms with Gasteiger partial charge in [0, 0.05) is 25.2 Å². The molecule has 0 radical (unpaired) electrons. The zero-order valence-electron chi connectivity index (χ0n) is 16.4. The van der Waals surface area contributed by atoms with E-state index in [0.717, 1.165) is 5.56 Å². The quantitative estimate of drug-likeness (QED) is 0.738. The Labute approximate surface area is 162 Å². The number of carbonyl (C=O) groups excluding carboxylic acids is 1. The van der Waals surface area contributed by atoms with Crippen LogP contribution in [0.4, 0.5) is 5.69 Å². The number of nitrogens with zero attached hydrogens (tertiary/aromatic N) is 1. The number of benzene rings is 2. The summed E-state index contributed by atoms with van der Waals surface area (Å²) in [5, 5.41) is 2.84. The predicted molar refractivity (Wildman–Crippen MR) is 109 cm³/mol. The molecule has 0 fully saturated rings. The largest absolute Gasteiger partial charge is 0.326 e. The molecular formula is C21H28N2O3S. The molecule has 2 aromatic carbocycles. The van der Waals surface area contributed by atoms with E-state index in [1.165, 1.54) is 4.31 Å². The number of nitrogens with one attached hydrogen (secondary N) is 1. The lowest BCUT2D eigenvalue weighted by Gasteiger charge is -2.20. The van der Waals surface area contributed by atoms with E-state index < -0.39 is 10.0 Å². The van der Waals surface area contributed by atoms with E-state index in [0.29, 0.717) is 30.8 Å². The van der Waals surface area contributed by atoms with E-state index in [-0.39, 0.29) is 16.7 Å². The van der Waals surface area contributed by atoms with Crippen molar-refractivity contribution >= 4 is 21.6 Å². The fourth-order valence-corrected chi connectivity index (χ4v) is 4.76. The Hall–Kier alpha value is -2.18. The molecule has 0 aliphatic carbocycles. The van der Waals surface area contributed by atoms with Gasteiger partial charge in [-0.3, -0.25) is 4.79 Å². The molecule has 0 spiro atoms. The average Bonchev–Trinajstić information content (AvgIpc) is 2.64. The first-order valence-electron chi connectivity index (χ1n) is 9.25. The fraction of sp³-hybridized carbons (Fsp3) is 0.381. The highest BCUT2D eigenvalue weighted by Crippen LogP contribution is 2.25. The summed E-state index contributed by atoms with van der Waals surface area (Å²) in [6, 6.07) is 14.9. The number of hydrogen-bond acceptors (Lipinski definition) is 3. The van der Waals surface area contributed by atoms with Crippen molar-refractivity contribution in [2.24, 2.45) is 0 Å². The van der Waals surface area contributed by atoms with Crippen LogP contribution in [0.25, 0.3) is 0 Å². The van der Waals surface area contributed by atoms with Gasteiger partial charge in [0.2, 0.25) is 15.9 Å². The van der Waals surface area contributed by atoms with Gasteiger partial charge < -0.3 is 5.32 Å². The van der Waals surface area contributed by atoms with Gasteiger partial charge in [-0.05, 0) is 36.1 Å². The minimum Gasteiger partial charge on any atom is -0.326 e. The second-order valence-corrected chi connectivity index (χ2v) is 8.54. The first kappa shape index (κ1) is 21.1. The number of amides is 1. The van der Waals surface area contributed by atoms with E-state index in [9.17, 15) is 13.2 Å². The summed E-state index contributed by atoms with van der Waals surface area (Å²) in [4.78, 5) is 12.7. The molecule has 1 unspecified atom stereocenters. The monoisotopic (exact) mass is 388 g/mol. The first-order chi connectivity index (χ1) is 12.8. The molecule has 0 heterocycles. The summed E-state index contributed by atoms with van der Waals surface area (Å²) in [7, 11) is -3.57. The van der Waals surface area contributed by atoms with Crippen molar-refractivity contribution in [2.75, 3.05) is 18.4 Å². The standard InChI is InChI=1S/C21H28N2O3S/c1-5-23(6-2)27(25,26)20-15-19(13-12-16(20)3)22-21(24)14-17(4)18-10-8-7-9-11-18/h7-13,15,17H,5-6,14H2,1-4H3,(H,22,24). The topological polar surface area (TPSA) is 66.5 Å². The lowest BCUT2D eigenvalue weighted by atomic mass is 9.97. The summed E-state index contributed by atoms with van der Waals surface area (Å²) in [5.41, 5.74) is 2.26. The van der Waals surface area contributed by atoms with Crippen molar-refractivity contribution < 1.29 is 13.2 Å². The van der Waals surface area contributed by atoms with Crippen LogP contribution in [0.3, 0.4) is 0 Å². The molecule has 5 nitrogen and oxygen atoms in total. The van der Waals surface area contributed by atoms with Crippen molar-refractivity contribution in [3.8, 4) is 0 Å². The maximum Gasteiger partial charge on any atom is 0.243 e. The number of hydrogen-bond donors (Lipinski definition) is 1. The van der Waals surface area contributed by atoms with Crippen molar-refractivity contribution in [3.63, 3.8) is 0 Å². The van der Waals surface area contributed by atoms with Crippen molar-refractivity contribution in [3.05, 3.63) is 59.7 Å². The molecule has 0 saturated heterocycles. The Morgan fingerprint density at radius 2 is 1.70 bits per heavy atom. The van der Waals surface area contributed by atoms with Crippen LogP contribution in [-0.4, -0.2) is 31.7 Å². The lowest BCUT2D eigenvalue weighted by molar-refractivity contribution is -0.116. The van der Waals surface area contributed by atoms with E-state index in [1.54, 1.807) is 25.1 Å². The summed E-state index contributed by atoms with van der Waals surface area (Å²) in [6.07, 6.45) is 0.329. The second-order valence-electron chi connectivity index (χ2n) is 6.63. The summed E-state index contributed by atoms with van der Waals surface area (Å²) in [5.74, 6) is -0.0584. The van der Waals surface area contributed by atoms with Crippen molar-refractivity contribution in [1.29, 1.82) is 0 Å². The normalized spacial score (nSPS) is 12.8. The molecule has 1 amide bonds. The maximum absolute atomic E-state index is 12.8. The molecule has 0 aliphatic heterocycles. The van der Waals surface area contributed by atoms with Gasteiger partial charge in [0.1, 0.15) is 0 Å². The van der Waals surface area contributed by atoms with Crippen LogP contribution in [0.1, 0.15) is 44.2 Å². The Kier molecular flexibility index (Phi) is 7.16.